The molecule has 4 heteroatoms. The lowest BCUT2D eigenvalue weighted by molar-refractivity contribution is 0.317. The number of likely N-dealkylation sites (tertiary alicyclic amines) is 1. The molecule has 0 amide bonds. The highest BCUT2D eigenvalue weighted by Crippen LogP contribution is 2.32. The minimum atomic E-state index is 0.520. The highest BCUT2D eigenvalue weighted by molar-refractivity contribution is 5.31. The van der Waals surface area contributed by atoms with Gasteiger partial charge in [0.15, 0.2) is 0 Å². The quantitative estimate of drug-likeness (QED) is 0.781. The highest BCUT2D eigenvalue weighted by atomic mass is 15.3. The lowest BCUT2D eigenvalue weighted by atomic mass is 9.89. The maximum atomic E-state index is 6.05. The molecule has 1 aliphatic rings. The van der Waals surface area contributed by atoms with Crippen LogP contribution in [0.2, 0.25) is 0 Å². The fourth-order valence-electron chi connectivity index (χ4n) is 3.83. The van der Waals surface area contributed by atoms with E-state index in [0.29, 0.717) is 11.8 Å². The number of para-hydroxylation sites is 1. The van der Waals surface area contributed by atoms with Crippen molar-refractivity contribution < 1.29 is 0 Å². The van der Waals surface area contributed by atoms with Gasteiger partial charge in [-0.2, -0.15) is 5.10 Å². The van der Waals surface area contributed by atoms with Crippen LogP contribution in [-0.4, -0.2) is 34.3 Å². The van der Waals surface area contributed by atoms with Crippen LogP contribution in [0, 0.1) is 5.92 Å². The minimum Gasteiger partial charge on any atom is -0.330 e. The van der Waals surface area contributed by atoms with Crippen molar-refractivity contribution in [3.05, 3.63) is 84.2 Å². The lowest BCUT2D eigenvalue weighted by Crippen LogP contribution is -2.23. The van der Waals surface area contributed by atoms with Crippen LogP contribution in [0.1, 0.15) is 17.0 Å². The van der Waals surface area contributed by atoms with Crippen LogP contribution in [-0.2, 0) is 6.54 Å². The van der Waals surface area contributed by atoms with Gasteiger partial charge >= 0.3 is 0 Å². The third kappa shape index (κ3) is 3.50. The molecule has 3 aromatic rings. The predicted octanol–water partition coefficient (Wildman–Crippen LogP) is 3.05. The van der Waals surface area contributed by atoms with Crippen molar-refractivity contribution in [1.82, 2.24) is 14.7 Å². The largest absolute Gasteiger partial charge is 0.330 e. The first-order valence-corrected chi connectivity index (χ1v) is 8.90. The minimum absolute atomic E-state index is 0.520. The summed E-state index contributed by atoms with van der Waals surface area (Å²) in [5.41, 5.74) is 9.80. The Bertz CT molecular complexity index is 797. The monoisotopic (exact) mass is 332 g/mol. The molecule has 0 unspecified atom stereocenters. The Morgan fingerprint density at radius 2 is 1.68 bits per heavy atom. The molecule has 128 valence electrons. The summed E-state index contributed by atoms with van der Waals surface area (Å²) in [6.45, 7) is 3.76. The Labute approximate surface area is 148 Å². The molecular formula is C21H24N4. The number of nitrogens with two attached hydrogens (primary N) is 1. The number of rotatable bonds is 5. The van der Waals surface area contributed by atoms with E-state index < -0.39 is 0 Å². The van der Waals surface area contributed by atoms with Gasteiger partial charge in [0.1, 0.15) is 0 Å². The number of benzene rings is 2. The van der Waals surface area contributed by atoms with Crippen molar-refractivity contribution in [3.63, 3.8) is 0 Å². The summed E-state index contributed by atoms with van der Waals surface area (Å²) in [5.74, 6) is 1.04. The maximum Gasteiger partial charge on any atom is 0.0645 e. The molecule has 0 radical (unpaired) electrons. The van der Waals surface area contributed by atoms with Gasteiger partial charge in [0.05, 0.1) is 11.9 Å². The molecule has 2 heterocycles. The van der Waals surface area contributed by atoms with Crippen LogP contribution >= 0.6 is 0 Å². The SMILES string of the molecule is NC[C@@H]1CN(Cc2cnn(-c3ccccc3)c2)C[C@H]1c1ccccc1. The molecule has 4 rings (SSSR count). The number of aromatic nitrogens is 2. The van der Waals surface area contributed by atoms with Crippen molar-refractivity contribution in [2.45, 2.75) is 12.5 Å². The van der Waals surface area contributed by atoms with Crippen LogP contribution in [0.15, 0.2) is 73.1 Å². The van der Waals surface area contributed by atoms with E-state index in [-0.39, 0.29) is 0 Å². The van der Waals surface area contributed by atoms with E-state index >= 15 is 0 Å². The molecule has 4 nitrogen and oxygen atoms in total. The molecule has 25 heavy (non-hydrogen) atoms. The van der Waals surface area contributed by atoms with E-state index in [1.54, 1.807) is 0 Å². The fraction of sp³-hybridized carbons (Fsp3) is 0.286. The molecule has 2 atom stereocenters. The molecule has 0 bridgehead atoms. The van der Waals surface area contributed by atoms with E-state index in [1.165, 1.54) is 11.1 Å². The molecule has 0 spiro atoms. The second-order valence-electron chi connectivity index (χ2n) is 6.84. The maximum absolute atomic E-state index is 6.05. The summed E-state index contributed by atoms with van der Waals surface area (Å²) in [4.78, 5) is 2.50. The Balaban J connectivity index is 1.46. The van der Waals surface area contributed by atoms with Gasteiger partial charge in [-0.15, -0.1) is 0 Å². The van der Waals surface area contributed by atoms with E-state index in [0.717, 1.165) is 31.9 Å². The molecule has 1 saturated heterocycles. The van der Waals surface area contributed by atoms with Crippen molar-refractivity contribution in [1.29, 1.82) is 0 Å². The Hall–Kier alpha value is -2.43. The zero-order valence-electron chi connectivity index (χ0n) is 14.3. The summed E-state index contributed by atoms with van der Waals surface area (Å²) in [6.07, 6.45) is 4.10. The number of hydrogen-bond donors (Lipinski definition) is 1. The first-order valence-electron chi connectivity index (χ1n) is 8.90. The van der Waals surface area contributed by atoms with Gasteiger partial charge < -0.3 is 5.73 Å². The molecule has 2 aromatic carbocycles. The summed E-state index contributed by atoms with van der Waals surface area (Å²) in [6, 6.07) is 21.0. The number of hydrogen-bond acceptors (Lipinski definition) is 3. The van der Waals surface area contributed by atoms with Crippen LogP contribution in [0.5, 0.6) is 0 Å². The predicted molar refractivity (Wildman–Crippen MR) is 101 cm³/mol. The van der Waals surface area contributed by atoms with E-state index in [4.69, 9.17) is 5.73 Å². The molecule has 1 aromatic heterocycles. The first-order chi connectivity index (χ1) is 12.3. The topological polar surface area (TPSA) is 47.1 Å². The van der Waals surface area contributed by atoms with Crippen LogP contribution in [0.4, 0.5) is 0 Å². The fourth-order valence-corrected chi connectivity index (χ4v) is 3.83. The second-order valence-corrected chi connectivity index (χ2v) is 6.84. The summed E-state index contributed by atoms with van der Waals surface area (Å²) in [5, 5.41) is 4.51. The van der Waals surface area contributed by atoms with Gasteiger partial charge in [-0.25, -0.2) is 4.68 Å². The summed E-state index contributed by atoms with van der Waals surface area (Å²) in [7, 11) is 0. The van der Waals surface area contributed by atoms with Gasteiger partial charge in [0, 0.05) is 37.3 Å². The van der Waals surface area contributed by atoms with Gasteiger partial charge in [0.25, 0.3) is 0 Å². The van der Waals surface area contributed by atoms with E-state index in [1.807, 2.05) is 29.1 Å². The number of nitrogens with zero attached hydrogens (tertiary/aromatic N) is 3. The normalized spacial score (nSPS) is 20.8. The summed E-state index contributed by atoms with van der Waals surface area (Å²) >= 11 is 0. The van der Waals surface area contributed by atoms with Gasteiger partial charge in [-0.1, -0.05) is 48.5 Å². The third-order valence-corrected chi connectivity index (χ3v) is 5.11. The molecule has 0 aliphatic carbocycles. The molecule has 1 aliphatic heterocycles. The Morgan fingerprint density at radius 1 is 0.960 bits per heavy atom. The van der Waals surface area contributed by atoms with Crippen molar-refractivity contribution in [2.75, 3.05) is 19.6 Å². The second kappa shape index (κ2) is 7.21. The van der Waals surface area contributed by atoms with Gasteiger partial charge in [-0.05, 0) is 30.2 Å². The molecule has 2 N–H and O–H groups in total. The zero-order chi connectivity index (χ0) is 17.1. The van der Waals surface area contributed by atoms with Crippen LogP contribution in [0.3, 0.4) is 0 Å². The Kier molecular flexibility index (Phi) is 4.63. The first kappa shape index (κ1) is 16.1. The standard InChI is InChI=1S/C21H24N4/c22-11-19-15-24(16-21(19)18-7-3-1-4-8-18)13-17-12-23-25(14-17)20-9-5-2-6-10-20/h1-10,12,14,19,21H,11,13,15-16,22H2/t19-,21+/m1/s1. The van der Waals surface area contributed by atoms with Crippen molar-refractivity contribution in [3.8, 4) is 5.69 Å². The molecular weight excluding hydrogens is 308 g/mol. The highest BCUT2D eigenvalue weighted by Gasteiger charge is 2.32. The Morgan fingerprint density at radius 3 is 2.40 bits per heavy atom. The molecule has 0 saturated carbocycles. The van der Waals surface area contributed by atoms with E-state index in [9.17, 15) is 0 Å². The average Bonchev–Trinajstić information content (AvgIpc) is 3.30. The summed E-state index contributed by atoms with van der Waals surface area (Å²) < 4.78 is 1.94. The van der Waals surface area contributed by atoms with Crippen LogP contribution < -0.4 is 5.73 Å². The zero-order valence-corrected chi connectivity index (χ0v) is 14.3. The smallest absolute Gasteiger partial charge is 0.0645 e. The van der Waals surface area contributed by atoms with Crippen LogP contribution in [0.25, 0.3) is 5.69 Å². The molecule has 1 fully saturated rings. The van der Waals surface area contributed by atoms with E-state index in [2.05, 4.69) is 58.7 Å². The average molecular weight is 332 g/mol. The lowest BCUT2D eigenvalue weighted by Gasteiger charge is -2.16. The van der Waals surface area contributed by atoms with Gasteiger partial charge in [-0.3, -0.25) is 4.90 Å². The third-order valence-electron chi connectivity index (χ3n) is 5.11. The van der Waals surface area contributed by atoms with Gasteiger partial charge in [0.2, 0.25) is 0 Å². The van der Waals surface area contributed by atoms with Crippen molar-refractivity contribution in [2.24, 2.45) is 11.7 Å². The van der Waals surface area contributed by atoms with Crippen molar-refractivity contribution >= 4 is 0 Å².